The van der Waals surface area contributed by atoms with E-state index in [9.17, 15) is 0 Å². The molecule has 0 saturated carbocycles. The Bertz CT molecular complexity index is 377. The van der Waals surface area contributed by atoms with Gasteiger partial charge < -0.3 is 0 Å². The van der Waals surface area contributed by atoms with Gasteiger partial charge >= 0.3 is 118 Å². The molecule has 0 bridgehead atoms. The zero-order valence-electron chi connectivity index (χ0n) is 11.6. The van der Waals surface area contributed by atoms with E-state index in [0.29, 0.717) is 0 Å². The molecule has 0 unspecified atom stereocenters. The van der Waals surface area contributed by atoms with Crippen LogP contribution in [0.2, 0.25) is 14.3 Å². The van der Waals surface area contributed by atoms with Crippen molar-refractivity contribution >= 4 is 19.8 Å². The maximum atomic E-state index is 5.82. The molecular formula is C15H24O2Sn. The molecule has 100 valence electrons. The van der Waals surface area contributed by atoms with Gasteiger partial charge in [0.2, 0.25) is 0 Å². The van der Waals surface area contributed by atoms with Crippen molar-refractivity contribution in [3.05, 3.63) is 23.8 Å². The zero-order valence-corrected chi connectivity index (χ0v) is 14.9. The number of unbranched alkanes of at least 4 members (excludes halogenated alkanes) is 1. The first-order chi connectivity index (χ1) is 8.75. The second-order valence-corrected chi connectivity index (χ2v) is 15.1. The number of ether oxygens (including phenoxy) is 2. The minimum atomic E-state index is -0.976. The molecule has 0 saturated heterocycles. The van der Waals surface area contributed by atoms with E-state index < -0.39 is 19.8 Å². The zero-order chi connectivity index (χ0) is 12.8. The third-order valence-corrected chi connectivity index (χ3v) is 7.79. The van der Waals surface area contributed by atoms with Crippen LogP contribution >= 0.6 is 0 Å². The van der Waals surface area contributed by atoms with Crippen molar-refractivity contribution in [1.29, 1.82) is 0 Å². The van der Waals surface area contributed by atoms with Gasteiger partial charge in [0.05, 0.1) is 0 Å². The summed E-state index contributed by atoms with van der Waals surface area (Å²) in [6.07, 6.45) is 4.79. The van der Waals surface area contributed by atoms with Crippen molar-refractivity contribution in [3.8, 4) is 11.5 Å². The summed E-state index contributed by atoms with van der Waals surface area (Å²) in [5.41, 5.74) is 1.30. The molecule has 0 spiro atoms. The van der Waals surface area contributed by atoms with E-state index in [1.165, 1.54) is 22.8 Å². The van der Waals surface area contributed by atoms with Gasteiger partial charge in [-0.25, -0.2) is 0 Å². The normalized spacial score (nSPS) is 14.2. The molecule has 1 aromatic rings. The molecule has 0 fully saturated rings. The molecule has 1 aliphatic rings. The van der Waals surface area contributed by atoms with Gasteiger partial charge in [-0.1, -0.05) is 0 Å². The fraction of sp³-hybridized carbons (Fsp3) is 0.600. The molecule has 0 aromatic heterocycles. The van der Waals surface area contributed by atoms with Gasteiger partial charge in [0.25, 0.3) is 0 Å². The minimum absolute atomic E-state index is 0.855. The van der Waals surface area contributed by atoms with E-state index in [4.69, 9.17) is 9.47 Å². The molecule has 0 aliphatic carbocycles. The monoisotopic (exact) mass is 356 g/mol. The molecule has 2 rings (SSSR count). The van der Waals surface area contributed by atoms with Gasteiger partial charge in [0, 0.05) is 0 Å². The molecule has 0 N–H and O–H groups in total. The number of hydrogen-bond donors (Lipinski definition) is 0. The first-order valence-corrected chi connectivity index (χ1v) is 16.1. The Morgan fingerprint density at radius 3 is 3.00 bits per heavy atom. The van der Waals surface area contributed by atoms with Gasteiger partial charge in [0.15, 0.2) is 0 Å². The van der Waals surface area contributed by atoms with Crippen molar-refractivity contribution in [3.63, 3.8) is 0 Å². The summed E-state index contributed by atoms with van der Waals surface area (Å²) in [6, 6.07) is 6.23. The first kappa shape index (κ1) is 14.0. The van der Waals surface area contributed by atoms with E-state index >= 15 is 0 Å². The van der Waals surface area contributed by atoms with Gasteiger partial charge in [-0.05, 0) is 0 Å². The SMILES string of the molecule is [CH3][SnH]([CH3])[CH2]CCCOc1ccc2c(c1)CCCO2. The van der Waals surface area contributed by atoms with E-state index in [1.54, 1.807) is 0 Å². The van der Waals surface area contributed by atoms with Crippen LogP contribution in [0.3, 0.4) is 0 Å². The second-order valence-electron chi connectivity index (χ2n) is 5.46. The average Bonchev–Trinajstić information content (AvgIpc) is 2.38. The van der Waals surface area contributed by atoms with Crippen molar-refractivity contribution in [2.45, 2.75) is 40.0 Å². The standard InChI is InChI=1S/C13H17O2.2CH3.Sn.H/c1-2-3-8-14-12-6-7-13-11(10-12)5-4-9-15-13;;;;/h6-7,10H,1-5,8-9H2;2*1H3;;. The van der Waals surface area contributed by atoms with Crippen LogP contribution < -0.4 is 9.47 Å². The Labute approximate surface area is 117 Å². The van der Waals surface area contributed by atoms with E-state index in [2.05, 4.69) is 15.9 Å². The predicted octanol–water partition coefficient (Wildman–Crippen LogP) is 3.66. The Balaban J connectivity index is 1.76. The number of benzene rings is 1. The Morgan fingerprint density at radius 2 is 2.17 bits per heavy atom. The molecular weight excluding hydrogens is 331 g/mol. The maximum absolute atomic E-state index is 5.82. The van der Waals surface area contributed by atoms with Crippen LogP contribution in [0.15, 0.2) is 18.2 Å². The average molecular weight is 355 g/mol. The van der Waals surface area contributed by atoms with Crippen LogP contribution in [0.1, 0.15) is 24.8 Å². The Morgan fingerprint density at radius 1 is 1.28 bits per heavy atom. The summed E-state index contributed by atoms with van der Waals surface area (Å²) in [7, 11) is 0. The summed E-state index contributed by atoms with van der Waals surface area (Å²) in [5.74, 6) is 2.05. The molecule has 0 amide bonds. The summed E-state index contributed by atoms with van der Waals surface area (Å²) < 4.78 is 12.9. The Hall–Kier alpha value is -0.381. The fourth-order valence-corrected chi connectivity index (χ4v) is 5.43. The molecule has 0 atom stereocenters. The number of hydrogen-bond acceptors (Lipinski definition) is 2. The van der Waals surface area contributed by atoms with Crippen LogP contribution in [0.4, 0.5) is 0 Å². The summed E-state index contributed by atoms with van der Waals surface area (Å²) in [4.78, 5) is 4.96. The summed E-state index contributed by atoms with van der Waals surface area (Å²) in [5, 5.41) is 0. The van der Waals surface area contributed by atoms with E-state index in [1.807, 2.05) is 12.1 Å². The first-order valence-electron chi connectivity index (χ1n) is 7.14. The van der Waals surface area contributed by atoms with Crippen LogP contribution in [-0.4, -0.2) is 33.0 Å². The van der Waals surface area contributed by atoms with Crippen molar-refractivity contribution < 1.29 is 9.47 Å². The van der Waals surface area contributed by atoms with Gasteiger partial charge in [-0.3, -0.25) is 0 Å². The van der Waals surface area contributed by atoms with Crippen molar-refractivity contribution in [1.82, 2.24) is 0 Å². The molecule has 2 nitrogen and oxygen atoms in total. The van der Waals surface area contributed by atoms with Gasteiger partial charge in [0.1, 0.15) is 0 Å². The van der Waals surface area contributed by atoms with Crippen LogP contribution in [0.5, 0.6) is 11.5 Å². The third kappa shape index (κ3) is 4.38. The number of rotatable bonds is 6. The van der Waals surface area contributed by atoms with Gasteiger partial charge in [-0.2, -0.15) is 0 Å². The molecule has 18 heavy (non-hydrogen) atoms. The Kier molecular flexibility index (Phi) is 5.67. The number of fused-ring (bicyclic) bond motifs is 1. The molecule has 0 radical (unpaired) electrons. The quantitative estimate of drug-likeness (QED) is 0.573. The molecule has 1 heterocycles. The molecule has 1 aromatic carbocycles. The van der Waals surface area contributed by atoms with Crippen molar-refractivity contribution in [2.75, 3.05) is 13.2 Å². The fourth-order valence-electron chi connectivity index (χ4n) is 2.27. The van der Waals surface area contributed by atoms with Crippen LogP contribution in [0.25, 0.3) is 0 Å². The van der Waals surface area contributed by atoms with Crippen LogP contribution in [0, 0.1) is 0 Å². The van der Waals surface area contributed by atoms with Gasteiger partial charge in [-0.15, -0.1) is 0 Å². The predicted molar refractivity (Wildman–Crippen MR) is 78.7 cm³/mol. The molecule has 1 aliphatic heterocycles. The van der Waals surface area contributed by atoms with Crippen LogP contribution in [-0.2, 0) is 6.42 Å². The summed E-state index contributed by atoms with van der Waals surface area (Å²) >= 11 is -0.976. The van der Waals surface area contributed by atoms with E-state index in [0.717, 1.165) is 37.6 Å². The van der Waals surface area contributed by atoms with Crippen molar-refractivity contribution in [2.24, 2.45) is 0 Å². The second kappa shape index (κ2) is 7.27. The van der Waals surface area contributed by atoms with E-state index in [-0.39, 0.29) is 0 Å². The third-order valence-electron chi connectivity index (χ3n) is 3.32. The summed E-state index contributed by atoms with van der Waals surface area (Å²) in [6.45, 7) is 1.71. The molecule has 3 heteroatoms. The number of aryl methyl sites for hydroxylation is 1. The topological polar surface area (TPSA) is 18.5 Å².